The fourth-order valence-electron chi connectivity index (χ4n) is 2.04. The fourth-order valence-corrected chi connectivity index (χ4v) is 2.21. The maximum atomic E-state index is 12.2. The Morgan fingerprint density at radius 3 is 2.77 bits per heavy atom. The van der Waals surface area contributed by atoms with Crippen molar-refractivity contribution in [1.82, 2.24) is 9.88 Å². The number of carbonyl (C=O) groups is 1. The summed E-state index contributed by atoms with van der Waals surface area (Å²) in [6.45, 7) is 6.82. The Balaban J connectivity index is 1.98. The second-order valence-corrected chi connectivity index (χ2v) is 5.76. The van der Waals surface area contributed by atoms with E-state index in [1.54, 1.807) is 18.3 Å². The molecule has 2 aromatic heterocycles. The second-order valence-electron chi connectivity index (χ2n) is 5.40. The summed E-state index contributed by atoms with van der Waals surface area (Å²) in [5.41, 5.74) is 0.520. The Morgan fingerprint density at radius 2 is 2.18 bits per heavy atom. The van der Waals surface area contributed by atoms with Crippen LogP contribution in [0.15, 0.2) is 34.9 Å². The van der Waals surface area contributed by atoms with Crippen molar-refractivity contribution < 1.29 is 9.21 Å². The third-order valence-electron chi connectivity index (χ3n) is 3.27. The predicted octanol–water partition coefficient (Wildman–Crippen LogP) is 3.49. The van der Waals surface area contributed by atoms with Gasteiger partial charge < -0.3 is 9.73 Å². The van der Waals surface area contributed by atoms with Gasteiger partial charge in [-0.05, 0) is 45.0 Å². The minimum Gasteiger partial charge on any atom is -0.465 e. The van der Waals surface area contributed by atoms with Crippen LogP contribution in [0.2, 0.25) is 5.15 Å². The first-order valence-corrected chi connectivity index (χ1v) is 7.53. The molecule has 0 saturated heterocycles. The van der Waals surface area contributed by atoms with Crippen LogP contribution in [0.25, 0.3) is 0 Å². The van der Waals surface area contributed by atoms with Crippen LogP contribution in [0.1, 0.15) is 25.4 Å². The molecule has 0 fully saturated rings. The van der Waals surface area contributed by atoms with Crippen LogP contribution >= 0.6 is 11.6 Å². The number of pyridine rings is 1. The van der Waals surface area contributed by atoms with E-state index < -0.39 is 0 Å². The highest BCUT2D eigenvalue weighted by molar-refractivity contribution is 6.32. The van der Waals surface area contributed by atoms with E-state index in [-0.39, 0.29) is 23.6 Å². The topological polar surface area (TPSA) is 58.4 Å². The highest BCUT2D eigenvalue weighted by Crippen LogP contribution is 2.18. The monoisotopic (exact) mass is 321 g/mol. The number of carbonyl (C=O) groups excluding carboxylic acids is 1. The van der Waals surface area contributed by atoms with Gasteiger partial charge in [0.1, 0.15) is 11.5 Å². The minimum atomic E-state index is -0.133. The number of hydrogen-bond donors (Lipinski definition) is 1. The average molecular weight is 322 g/mol. The molecule has 0 unspecified atom stereocenters. The SMILES string of the molecule is Cc1ccc(CN(CC(=O)Nc2cccnc2Cl)C(C)C)o1. The Bertz CT molecular complexity index is 640. The number of amides is 1. The molecule has 0 aliphatic rings. The Kier molecular flexibility index (Phi) is 5.57. The number of nitrogens with zero attached hydrogens (tertiary/aromatic N) is 2. The number of rotatable bonds is 6. The Morgan fingerprint density at radius 1 is 1.41 bits per heavy atom. The molecule has 5 nitrogen and oxygen atoms in total. The number of anilines is 1. The second kappa shape index (κ2) is 7.42. The number of furan rings is 1. The maximum absolute atomic E-state index is 12.2. The molecule has 0 aromatic carbocycles. The number of aromatic nitrogens is 1. The first-order chi connectivity index (χ1) is 10.5. The highest BCUT2D eigenvalue weighted by atomic mass is 35.5. The van der Waals surface area contributed by atoms with Crippen molar-refractivity contribution in [3.05, 3.63) is 47.1 Å². The fraction of sp³-hybridized carbons (Fsp3) is 0.375. The molecule has 6 heteroatoms. The van der Waals surface area contributed by atoms with Crippen LogP contribution in [0.3, 0.4) is 0 Å². The minimum absolute atomic E-state index is 0.133. The quantitative estimate of drug-likeness (QED) is 0.827. The van der Waals surface area contributed by atoms with Gasteiger partial charge in [-0.2, -0.15) is 0 Å². The first-order valence-electron chi connectivity index (χ1n) is 7.15. The third-order valence-corrected chi connectivity index (χ3v) is 3.57. The molecule has 118 valence electrons. The van der Waals surface area contributed by atoms with Gasteiger partial charge in [0.05, 0.1) is 18.8 Å². The van der Waals surface area contributed by atoms with Gasteiger partial charge in [0.15, 0.2) is 5.15 Å². The lowest BCUT2D eigenvalue weighted by Gasteiger charge is -2.24. The zero-order valence-electron chi connectivity index (χ0n) is 13.0. The van der Waals surface area contributed by atoms with Gasteiger partial charge in [-0.15, -0.1) is 0 Å². The molecule has 2 rings (SSSR count). The summed E-state index contributed by atoms with van der Waals surface area (Å²) in [7, 11) is 0. The van der Waals surface area contributed by atoms with Crippen molar-refractivity contribution in [2.24, 2.45) is 0 Å². The van der Waals surface area contributed by atoms with Gasteiger partial charge in [0.2, 0.25) is 5.91 Å². The molecule has 1 N–H and O–H groups in total. The normalized spacial score (nSPS) is 11.2. The van der Waals surface area contributed by atoms with Gasteiger partial charge in [-0.1, -0.05) is 11.6 Å². The van der Waals surface area contributed by atoms with E-state index in [0.717, 1.165) is 11.5 Å². The van der Waals surface area contributed by atoms with Crippen LogP contribution in [-0.4, -0.2) is 28.4 Å². The van der Waals surface area contributed by atoms with Crippen molar-refractivity contribution >= 4 is 23.2 Å². The summed E-state index contributed by atoms with van der Waals surface area (Å²) >= 11 is 5.95. The van der Waals surface area contributed by atoms with Crippen LogP contribution < -0.4 is 5.32 Å². The number of hydrogen-bond acceptors (Lipinski definition) is 4. The lowest BCUT2D eigenvalue weighted by Crippen LogP contribution is -2.37. The molecular formula is C16H20ClN3O2. The largest absolute Gasteiger partial charge is 0.465 e. The van der Waals surface area contributed by atoms with E-state index >= 15 is 0 Å². The summed E-state index contributed by atoms with van der Waals surface area (Å²) in [5, 5.41) is 3.07. The molecule has 0 bridgehead atoms. The van der Waals surface area contributed by atoms with Crippen LogP contribution in [0.4, 0.5) is 5.69 Å². The van der Waals surface area contributed by atoms with E-state index in [9.17, 15) is 4.79 Å². The molecule has 0 aliphatic heterocycles. The number of halogens is 1. The van der Waals surface area contributed by atoms with Crippen LogP contribution in [-0.2, 0) is 11.3 Å². The summed E-state index contributed by atoms with van der Waals surface area (Å²) < 4.78 is 5.58. The van der Waals surface area contributed by atoms with Crippen molar-refractivity contribution in [3.63, 3.8) is 0 Å². The molecule has 0 atom stereocenters. The molecule has 22 heavy (non-hydrogen) atoms. The van der Waals surface area contributed by atoms with Crippen LogP contribution in [0, 0.1) is 6.92 Å². The number of aryl methyl sites for hydroxylation is 1. The smallest absolute Gasteiger partial charge is 0.238 e. The Labute approximate surface area is 135 Å². The molecule has 0 spiro atoms. The van der Waals surface area contributed by atoms with Crippen molar-refractivity contribution in [2.45, 2.75) is 33.4 Å². The summed E-state index contributed by atoms with van der Waals surface area (Å²) in [6, 6.07) is 7.51. The zero-order valence-corrected chi connectivity index (χ0v) is 13.7. The molecule has 2 heterocycles. The van der Waals surface area contributed by atoms with Crippen LogP contribution in [0.5, 0.6) is 0 Å². The Hall–Kier alpha value is -1.85. The van der Waals surface area contributed by atoms with E-state index in [1.807, 2.05) is 37.8 Å². The summed E-state index contributed by atoms with van der Waals surface area (Å²) in [5.74, 6) is 1.58. The van der Waals surface area contributed by atoms with Crippen molar-refractivity contribution in [2.75, 3.05) is 11.9 Å². The van der Waals surface area contributed by atoms with E-state index in [0.29, 0.717) is 12.2 Å². The summed E-state index contributed by atoms with van der Waals surface area (Å²) in [4.78, 5) is 18.2. The third kappa shape index (κ3) is 4.58. The lowest BCUT2D eigenvalue weighted by molar-refractivity contribution is -0.117. The van der Waals surface area contributed by atoms with Crippen molar-refractivity contribution in [3.8, 4) is 0 Å². The number of nitrogens with one attached hydrogen (secondary N) is 1. The predicted molar refractivity (Wildman–Crippen MR) is 86.9 cm³/mol. The van der Waals surface area contributed by atoms with Gasteiger partial charge >= 0.3 is 0 Å². The van der Waals surface area contributed by atoms with Gasteiger partial charge in [0, 0.05) is 12.2 Å². The molecule has 0 aliphatic carbocycles. The summed E-state index contributed by atoms with van der Waals surface area (Å²) in [6.07, 6.45) is 1.58. The molecule has 1 amide bonds. The van der Waals surface area contributed by atoms with Gasteiger partial charge in [0.25, 0.3) is 0 Å². The zero-order chi connectivity index (χ0) is 16.1. The lowest BCUT2D eigenvalue weighted by atomic mass is 10.3. The molecule has 0 saturated carbocycles. The molecule has 0 radical (unpaired) electrons. The van der Waals surface area contributed by atoms with Gasteiger partial charge in [-0.3, -0.25) is 9.69 Å². The van der Waals surface area contributed by atoms with E-state index in [2.05, 4.69) is 10.3 Å². The average Bonchev–Trinajstić information content (AvgIpc) is 2.86. The van der Waals surface area contributed by atoms with Gasteiger partial charge in [-0.25, -0.2) is 4.98 Å². The highest BCUT2D eigenvalue weighted by Gasteiger charge is 2.17. The standard InChI is InChI=1S/C16H20ClN3O2/c1-11(2)20(9-13-7-6-12(3)22-13)10-15(21)19-14-5-4-8-18-16(14)17/h4-8,11H,9-10H2,1-3H3,(H,19,21). The molecule has 2 aromatic rings. The first kappa shape index (κ1) is 16.5. The van der Waals surface area contributed by atoms with E-state index in [1.165, 1.54) is 0 Å². The molecular weight excluding hydrogens is 302 g/mol. The van der Waals surface area contributed by atoms with E-state index in [4.69, 9.17) is 16.0 Å². The maximum Gasteiger partial charge on any atom is 0.238 e. The van der Waals surface area contributed by atoms with Crippen molar-refractivity contribution in [1.29, 1.82) is 0 Å².